The van der Waals surface area contributed by atoms with Gasteiger partial charge in [0.2, 0.25) is 5.16 Å². The molecule has 0 atom stereocenters. The standard InChI is InChI=1S/C10H21N5S/c1-8(2)7-11-5-6-15-10(12-13-14-15)16-9(3)4/h8-9,11H,5-7H2,1-4H3. The molecule has 0 unspecified atom stereocenters. The van der Waals surface area contributed by atoms with Gasteiger partial charge in [-0.05, 0) is 22.9 Å². The summed E-state index contributed by atoms with van der Waals surface area (Å²) in [6, 6.07) is 0. The third-order valence-corrected chi connectivity index (χ3v) is 2.87. The average molecular weight is 243 g/mol. The Morgan fingerprint density at radius 2 is 2.06 bits per heavy atom. The van der Waals surface area contributed by atoms with E-state index in [0.717, 1.165) is 24.8 Å². The second-order valence-corrected chi connectivity index (χ2v) is 5.99. The van der Waals surface area contributed by atoms with Gasteiger partial charge in [-0.3, -0.25) is 0 Å². The van der Waals surface area contributed by atoms with E-state index in [4.69, 9.17) is 0 Å². The Bertz CT molecular complexity index is 297. The summed E-state index contributed by atoms with van der Waals surface area (Å²) >= 11 is 1.70. The fraction of sp³-hybridized carbons (Fsp3) is 0.900. The lowest BCUT2D eigenvalue weighted by Crippen LogP contribution is -2.24. The van der Waals surface area contributed by atoms with Crippen molar-refractivity contribution in [2.75, 3.05) is 13.1 Å². The second-order valence-electron chi connectivity index (χ2n) is 4.45. The van der Waals surface area contributed by atoms with Gasteiger partial charge < -0.3 is 5.32 Å². The number of hydrogen-bond acceptors (Lipinski definition) is 5. The molecular formula is C10H21N5S. The lowest BCUT2D eigenvalue weighted by molar-refractivity contribution is 0.482. The van der Waals surface area contributed by atoms with Crippen molar-refractivity contribution in [1.29, 1.82) is 0 Å². The lowest BCUT2D eigenvalue weighted by Gasteiger charge is -2.08. The van der Waals surface area contributed by atoms with Crippen LogP contribution in [0.25, 0.3) is 0 Å². The molecule has 0 aliphatic heterocycles. The van der Waals surface area contributed by atoms with Gasteiger partial charge in [-0.25, -0.2) is 4.68 Å². The van der Waals surface area contributed by atoms with E-state index in [1.54, 1.807) is 11.8 Å². The summed E-state index contributed by atoms with van der Waals surface area (Å²) in [5, 5.41) is 16.5. The molecule has 0 aliphatic carbocycles. The third-order valence-electron chi connectivity index (χ3n) is 1.89. The van der Waals surface area contributed by atoms with Crippen LogP contribution in [-0.2, 0) is 6.54 Å². The predicted molar refractivity (Wildman–Crippen MR) is 66.5 cm³/mol. The van der Waals surface area contributed by atoms with Gasteiger partial charge in [-0.1, -0.05) is 39.5 Å². The maximum Gasteiger partial charge on any atom is 0.209 e. The molecule has 0 fully saturated rings. The van der Waals surface area contributed by atoms with Gasteiger partial charge in [0.25, 0.3) is 0 Å². The fourth-order valence-corrected chi connectivity index (χ4v) is 1.96. The van der Waals surface area contributed by atoms with Gasteiger partial charge in [-0.15, -0.1) is 5.10 Å². The van der Waals surface area contributed by atoms with Crippen LogP contribution in [0.1, 0.15) is 27.7 Å². The largest absolute Gasteiger partial charge is 0.315 e. The first-order valence-electron chi connectivity index (χ1n) is 5.73. The zero-order valence-electron chi connectivity index (χ0n) is 10.5. The van der Waals surface area contributed by atoms with Gasteiger partial charge in [-0.2, -0.15) is 0 Å². The van der Waals surface area contributed by atoms with Crippen LogP contribution < -0.4 is 5.32 Å². The van der Waals surface area contributed by atoms with Gasteiger partial charge in [0.1, 0.15) is 0 Å². The molecule has 1 heterocycles. The molecule has 0 aromatic carbocycles. The minimum atomic E-state index is 0.508. The number of nitrogens with one attached hydrogen (secondary N) is 1. The van der Waals surface area contributed by atoms with Crippen LogP contribution in [0.2, 0.25) is 0 Å². The molecule has 0 bridgehead atoms. The number of rotatable bonds is 7. The van der Waals surface area contributed by atoms with Gasteiger partial charge >= 0.3 is 0 Å². The maximum absolute atomic E-state index is 4.01. The summed E-state index contributed by atoms with van der Waals surface area (Å²) in [6.07, 6.45) is 0. The minimum Gasteiger partial charge on any atom is -0.315 e. The highest BCUT2D eigenvalue weighted by atomic mass is 32.2. The van der Waals surface area contributed by atoms with E-state index >= 15 is 0 Å². The van der Waals surface area contributed by atoms with E-state index in [1.165, 1.54) is 0 Å². The molecule has 0 aliphatic rings. The summed E-state index contributed by atoms with van der Waals surface area (Å²) in [5.74, 6) is 0.679. The van der Waals surface area contributed by atoms with E-state index in [-0.39, 0.29) is 0 Å². The van der Waals surface area contributed by atoms with Crippen molar-refractivity contribution in [2.24, 2.45) is 5.92 Å². The molecule has 0 amide bonds. The Balaban J connectivity index is 2.33. The molecule has 5 nitrogen and oxygen atoms in total. The average Bonchev–Trinajstić information content (AvgIpc) is 2.59. The molecule has 1 N–H and O–H groups in total. The van der Waals surface area contributed by atoms with Crippen molar-refractivity contribution in [2.45, 2.75) is 44.6 Å². The molecule has 0 radical (unpaired) electrons. The van der Waals surface area contributed by atoms with Gasteiger partial charge in [0.15, 0.2) is 0 Å². The molecule has 92 valence electrons. The maximum atomic E-state index is 4.01. The summed E-state index contributed by atoms with van der Waals surface area (Å²) in [6.45, 7) is 11.5. The van der Waals surface area contributed by atoms with Crippen LogP contribution in [0.5, 0.6) is 0 Å². The Hall–Kier alpha value is -0.620. The molecule has 6 heteroatoms. The van der Waals surface area contributed by atoms with Gasteiger partial charge in [0, 0.05) is 11.8 Å². The molecule has 0 saturated carbocycles. The molecule has 1 rings (SSSR count). The molecule has 16 heavy (non-hydrogen) atoms. The van der Waals surface area contributed by atoms with E-state index in [9.17, 15) is 0 Å². The zero-order valence-corrected chi connectivity index (χ0v) is 11.3. The summed E-state index contributed by atoms with van der Waals surface area (Å²) < 4.78 is 1.86. The highest BCUT2D eigenvalue weighted by Crippen LogP contribution is 2.18. The predicted octanol–water partition coefficient (Wildman–Crippen LogP) is 1.42. The molecular weight excluding hydrogens is 222 g/mol. The number of aromatic nitrogens is 4. The number of hydrogen-bond donors (Lipinski definition) is 1. The quantitative estimate of drug-likeness (QED) is 0.580. The van der Waals surface area contributed by atoms with Crippen molar-refractivity contribution in [3.8, 4) is 0 Å². The molecule has 1 aromatic heterocycles. The Labute approximate surface area is 101 Å². The van der Waals surface area contributed by atoms with E-state index in [1.807, 2.05) is 4.68 Å². The van der Waals surface area contributed by atoms with Crippen LogP contribution in [0.4, 0.5) is 0 Å². The molecule has 1 aromatic rings. The third kappa shape index (κ3) is 4.94. The van der Waals surface area contributed by atoms with E-state index < -0.39 is 0 Å². The van der Waals surface area contributed by atoms with Crippen LogP contribution in [-0.4, -0.2) is 38.5 Å². The van der Waals surface area contributed by atoms with Crippen LogP contribution in [0, 0.1) is 5.92 Å². The van der Waals surface area contributed by atoms with Crippen LogP contribution >= 0.6 is 11.8 Å². The fourth-order valence-electron chi connectivity index (χ4n) is 1.21. The first kappa shape index (κ1) is 13.4. The summed E-state index contributed by atoms with van der Waals surface area (Å²) in [5.41, 5.74) is 0. The second kappa shape index (κ2) is 6.85. The monoisotopic (exact) mass is 243 g/mol. The van der Waals surface area contributed by atoms with E-state index in [2.05, 4.69) is 48.5 Å². The van der Waals surface area contributed by atoms with Crippen LogP contribution in [0.15, 0.2) is 5.16 Å². The summed E-state index contributed by atoms with van der Waals surface area (Å²) in [7, 11) is 0. The Kier molecular flexibility index (Phi) is 5.76. The van der Waals surface area contributed by atoms with Crippen LogP contribution in [0.3, 0.4) is 0 Å². The van der Waals surface area contributed by atoms with Gasteiger partial charge in [0.05, 0.1) is 6.54 Å². The van der Waals surface area contributed by atoms with Crippen molar-refractivity contribution < 1.29 is 0 Å². The minimum absolute atomic E-state index is 0.508. The smallest absolute Gasteiger partial charge is 0.209 e. The number of nitrogens with zero attached hydrogens (tertiary/aromatic N) is 4. The first-order chi connectivity index (χ1) is 7.59. The topological polar surface area (TPSA) is 55.6 Å². The summed E-state index contributed by atoms with van der Waals surface area (Å²) in [4.78, 5) is 0. The van der Waals surface area contributed by atoms with Crippen molar-refractivity contribution in [1.82, 2.24) is 25.5 Å². The lowest BCUT2D eigenvalue weighted by atomic mass is 10.2. The Morgan fingerprint density at radius 1 is 1.31 bits per heavy atom. The van der Waals surface area contributed by atoms with Crippen molar-refractivity contribution in [3.63, 3.8) is 0 Å². The Morgan fingerprint density at radius 3 is 2.69 bits per heavy atom. The number of tetrazole rings is 1. The zero-order chi connectivity index (χ0) is 12.0. The first-order valence-corrected chi connectivity index (χ1v) is 6.61. The number of thioether (sulfide) groups is 1. The highest BCUT2D eigenvalue weighted by Gasteiger charge is 2.08. The molecule has 0 spiro atoms. The highest BCUT2D eigenvalue weighted by molar-refractivity contribution is 7.99. The molecule has 0 saturated heterocycles. The van der Waals surface area contributed by atoms with Crippen molar-refractivity contribution >= 4 is 11.8 Å². The van der Waals surface area contributed by atoms with Crippen molar-refractivity contribution in [3.05, 3.63) is 0 Å². The normalized spacial score (nSPS) is 11.6. The SMILES string of the molecule is CC(C)CNCCn1nnnc1SC(C)C. The van der Waals surface area contributed by atoms with E-state index in [0.29, 0.717) is 11.2 Å².